The molecule has 0 atom stereocenters. The highest BCUT2D eigenvalue weighted by Gasteiger charge is 2.32. The van der Waals surface area contributed by atoms with Gasteiger partial charge in [-0.2, -0.15) is 13.2 Å². The molecular weight excluding hydrogens is 376 g/mol. The Morgan fingerprint density at radius 2 is 1.96 bits per heavy atom. The Kier molecular flexibility index (Phi) is 4.68. The Morgan fingerprint density at radius 1 is 1.19 bits per heavy atom. The highest BCUT2D eigenvalue weighted by atomic mass is 35.5. The number of aryl methyl sites for hydroxylation is 1. The predicted octanol–water partition coefficient (Wildman–Crippen LogP) is 3.59. The molecule has 0 saturated carbocycles. The molecule has 11 heteroatoms. The van der Waals surface area contributed by atoms with Gasteiger partial charge in [-0.1, -0.05) is 16.7 Å². The minimum absolute atomic E-state index is 0.00886. The first-order valence-electron chi connectivity index (χ1n) is 7.05. The number of aromatic nitrogens is 5. The van der Waals surface area contributed by atoms with Gasteiger partial charge in [-0.15, -0.1) is 0 Å². The number of hydrogen-bond acceptors (Lipinski definition) is 5. The highest BCUT2D eigenvalue weighted by Crippen LogP contribution is 2.31. The molecule has 26 heavy (non-hydrogen) atoms. The lowest BCUT2D eigenvalue weighted by Gasteiger charge is -2.11. The van der Waals surface area contributed by atoms with Gasteiger partial charge in [-0.05, 0) is 40.8 Å². The first kappa shape index (κ1) is 17.9. The monoisotopic (exact) mass is 384 g/mol. The van der Waals surface area contributed by atoms with E-state index >= 15 is 0 Å². The topological polar surface area (TPSA) is 68.8 Å². The SMILES string of the molecule is Cn1nnnc1N=C(c1cc(F)cc(C(F)(F)F)c1)c1ccc(Cl)cn1. The Hall–Kier alpha value is -2.88. The minimum Gasteiger partial charge on any atom is -0.253 e. The molecule has 6 nitrogen and oxygen atoms in total. The van der Waals surface area contributed by atoms with Crippen molar-refractivity contribution in [1.82, 2.24) is 25.2 Å². The van der Waals surface area contributed by atoms with Crippen LogP contribution in [0.3, 0.4) is 0 Å². The van der Waals surface area contributed by atoms with E-state index in [-0.39, 0.29) is 22.9 Å². The van der Waals surface area contributed by atoms with Crippen LogP contribution >= 0.6 is 11.6 Å². The number of aliphatic imine (C=N–C) groups is 1. The zero-order valence-corrected chi connectivity index (χ0v) is 13.8. The number of benzene rings is 1. The molecule has 3 aromatic rings. The molecule has 2 heterocycles. The van der Waals surface area contributed by atoms with E-state index in [0.717, 1.165) is 12.1 Å². The molecule has 0 amide bonds. The maximum absolute atomic E-state index is 13.8. The van der Waals surface area contributed by atoms with E-state index in [1.54, 1.807) is 0 Å². The summed E-state index contributed by atoms with van der Waals surface area (Å²) in [4.78, 5) is 8.20. The van der Waals surface area contributed by atoms with Gasteiger partial charge in [0.05, 0.1) is 16.3 Å². The standard InChI is InChI=1S/C15H9ClF4N6/c1-26-14(23-24-25-26)22-13(12-3-2-10(16)7-21-12)8-4-9(15(18,19)20)6-11(17)5-8/h2-7H,1H3. The highest BCUT2D eigenvalue weighted by molar-refractivity contribution is 6.30. The number of nitrogens with zero attached hydrogens (tertiary/aromatic N) is 6. The zero-order valence-electron chi connectivity index (χ0n) is 13.0. The second-order valence-electron chi connectivity index (χ2n) is 5.15. The van der Waals surface area contributed by atoms with Crippen LogP contribution in [0, 0.1) is 5.82 Å². The third kappa shape index (κ3) is 3.85. The van der Waals surface area contributed by atoms with Crippen molar-refractivity contribution in [3.05, 3.63) is 64.2 Å². The van der Waals surface area contributed by atoms with Crippen molar-refractivity contribution in [3.8, 4) is 0 Å². The second-order valence-corrected chi connectivity index (χ2v) is 5.59. The molecule has 0 aliphatic heterocycles. The number of halogens is 5. The molecule has 1 aromatic carbocycles. The van der Waals surface area contributed by atoms with Crippen molar-refractivity contribution in [3.63, 3.8) is 0 Å². The number of hydrogen-bond donors (Lipinski definition) is 0. The fourth-order valence-corrected chi connectivity index (χ4v) is 2.21. The number of alkyl halides is 3. The van der Waals surface area contributed by atoms with Crippen LogP contribution in [0.25, 0.3) is 0 Å². The van der Waals surface area contributed by atoms with E-state index in [1.165, 1.54) is 30.1 Å². The van der Waals surface area contributed by atoms with Gasteiger partial charge in [0.25, 0.3) is 5.95 Å². The average Bonchev–Trinajstić information content (AvgIpc) is 2.97. The van der Waals surface area contributed by atoms with Crippen LogP contribution in [0.15, 0.2) is 41.5 Å². The Balaban J connectivity index is 2.22. The van der Waals surface area contributed by atoms with E-state index in [1.807, 2.05) is 0 Å². The summed E-state index contributed by atoms with van der Waals surface area (Å²) in [6.07, 6.45) is -3.42. The van der Waals surface area contributed by atoms with Crippen LogP contribution < -0.4 is 0 Å². The summed E-state index contributed by atoms with van der Waals surface area (Å²) in [7, 11) is 1.50. The smallest absolute Gasteiger partial charge is 0.253 e. The van der Waals surface area contributed by atoms with Crippen molar-refractivity contribution < 1.29 is 17.6 Å². The van der Waals surface area contributed by atoms with E-state index in [9.17, 15) is 17.6 Å². The van der Waals surface area contributed by atoms with Gasteiger partial charge < -0.3 is 0 Å². The van der Waals surface area contributed by atoms with Gasteiger partial charge in [-0.25, -0.2) is 14.1 Å². The summed E-state index contributed by atoms with van der Waals surface area (Å²) in [6.45, 7) is 0. The first-order chi connectivity index (χ1) is 12.2. The van der Waals surface area contributed by atoms with Crippen molar-refractivity contribution in [2.45, 2.75) is 6.18 Å². The first-order valence-corrected chi connectivity index (χ1v) is 7.43. The second kappa shape index (κ2) is 6.79. The van der Waals surface area contributed by atoms with Gasteiger partial charge in [0.2, 0.25) is 0 Å². The Bertz CT molecular complexity index is 965. The summed E-state index contributed by atoms with van der Waals surface area (Å²) in [6, 6.07) is 5.04. The van der Waals surface area contributed by atoms with Crippen molar-refractivity contribution in [2.24, 2.45) is 12.0 Å². The van der Waals surface area contributed by atoms with Crippen LogP contribution in [0.1, 0.15) is 16.8 Å². The average molecular weight is 385 g/mol. The normalized spacial score (nSPS) is 12.5. The predicted molar refractivity (Wildman–Crippen MR) is 84.7 cm³/mol. The molecule has 0 unspecified atom stereocenters. The van der Waals surface area contributed by atoms with E-state index < -0.39 is 17.6 Å². The maximum Gasteiger partial charge on any atom is 0.416 e. The summed E-state index contributed by atoms with van der Waals surface area (Å²) >= 11 is 5.79. The molecule has 2 aromatic heterocycles. The van der Waals surface area contributed by atoms with Gasteiger partial charge in [0.1, 0.15) is 11.5 Å². The summed E-state index contributed by atoms with van der Waals surface area (Å²) < 4.78 is 54.1. The summed E-state index contributed by atoms with van der Waals surface area (Å²) in [5, 5.41) is 11.0. The molecule has 0 spiro atoms. The largest absolute Gasteiger partial charge is 0.416 e. The summed E-state index contributed by atoms with van der Waals surface area (Å²) in [5.41, 5.74) is -1.14. The van der Waals surface area contributed by atoms with Crippen molar-refractivity contribution in [2.75, 3.05) is 0 Å². The van der Waals surface area contributed by atoms with Crippen LogP contribution in [0.5, 0.6) is 0 Å². The van der Waals surface area contributed by atoms with E-state index in [0.29, 0.717) is 11.1 Å². The molecule has 0 bridgehead atoms. The number of rotatable bonds is 3. The van der Waals surface area contributed by atoms with E-state index in [4.69, 9.17) is 11.6 Å². The molecular formula is C15H9ClF4N6. The third-order valence-electron chi connectivity index (χ3n) is 3.28. The van der Waals surface area contributed by atoms with Gasteiger partial charge >= 0.3 is 6.18 Å². The van der Waals surface area contributed by atoms with Crippen LogP contribution in [-0.4, -0.2) is 30.9 Å². The Labute approximate surface area is 149 Å². The van der Waals surface area contributed by atoms with Crippen molar-refractivity contribution in [1.29, 1.82) is 0 Å². The molecule has 3 rings (SSSR count). The minimum atomic E-state index is -4.72. The summed E-state index contributed by atoms with van der Waals surface area (Å²) in [5.74, 6) is -1.05. The number of pyridine rings is 1. The fraction of sp³-hybridized carbons (Fsp3) is 0.133. The van der Waals surface area contributed by atoms with E-state index in [2.05, 4.69) is 25.5 Å². The third-order valence-corrected chi connectivity index (χ3v) is 3.50. The lowest BCUT2D eigenvalue weighted by Crippen LogP contribution is -2.11. The van der Waals surface area contributed by atoms with Gasteiger partial charge in [-0.3, -0.25) is 4.98 Å². The molecule has 0 fully saturated rings. The van der Waals surface area contributed by atoms with Crippen molar-refractivity contribution >= 4 is 23.3 Å². The fourth-order valence-electron chi connectivity index (χ4n) is 2.10. The lowest BCUT2D eigenvalue weighted by molar-refractivity contribution is -0.137. The molecule has 134 valence electrons. The van der Waals surface area contributed by atoms with Gasteiger partial charge in [0.15, 0.2) is 0 Å². The van der Waals surface area contributed by atoms with Crippen LogP contribution in [0.4, 0.5) is 23.5 Å². The molecule has 0 radical (unpaired) electrons. The quantitative estimate of drug-likeness (QED) is 0.511. The van der Waals surface area contributed by atoms with Crippen LogP contribution in [-0.2, 0) is 13.2 Å². The molecule has 0 aliphatic rings. The zero-order chi connectivity index (χ0) is 18.9. The van der Waals surface area contributed by atoms with Gasteiger partial charge in [0, 0.05) is 18.8 Å². The molecule has 0 N–H and O–H groups in total. The number of tetrazole rings is 1. The maximum atomic E-state index is 13.8. The molecule has 0 saturated heterocycles. The Morgan fingerprint density at radius 3 is 2.54 bits per heavy atom. The van der Waals surface area contributed by atoms with Crippen LogP contribution in [0.2, 0.25) is 5.02 Å². The lowest BCUT2D eigenvalue weighted by atomic mass is 10.0. The molecule has 0 aliphatic carbocycles.